The van der Waals surface area contributed by atoms with Crippen LogP contribution in [0, 0.1) is 0 Å². The number of hydrogen-bond acceptors (Lipinski definition) is 8. The minimum Gasteiger partial charge on any atom is -0.486 e. The molecule has 7 rings (SSSR count). The summed E-state index contributed by atoms with van der Waals surface area (Å²) < 4.78 is 20.4. The van der Waals surface area contributed by atoms with Crippen LogP contribution in [0.2, 0.25) is 0 Å². The number of ether oxygens (including phenoxy) is 2. The molecule has 0 spiro atoms. The van der Waals surface area contributed by atoms with Gasteiger partial charge in [-0.2, -0.15) is 14.6 Å². The van der Waals surface area contributed by atoms with E-state index in [9.17, 15) is 4.79 Å². The highest BCUT2D eigenvalue weighted by Gasteiger charge is 2.18. The van der Waals surface area contributed by atoms with Gasteiger partial charge in [-0.05, 0) is 48.5 Å². The molecule has 0 N–H and O–H groups in total. The number of rotatable bonds is 4. The van der Waals surface area contributed by atoms with Crippen molar-refractivity contribution in [3.63, 3.8) is 0 Å². The van der Waals surface area contributed by atoms with E-state index >= 15 is 0 Å². The number of thiazole rings is 1. The molecule has 6 aromatic rings. The molecule has 0 unspecified atom stereocenters. The maximum absolute atomic E-state index is 13.2. The smallest absolute Gasteiger partial charge is 0.291 e. The quantitative estimate of drug-likeness (QED) is 0.369. The van der Waals surface area contributed by atoms with E-state index < -0.39 is 0 Å². The standard InChI is InChI=1S/C26H17N5O4S/c32-25-22(36-26-27-24(29-31(25)26)20-7-4-10-33-20)14-17-15-30(18-5-2-1-3-6-18)28-23(17)16-8-9-19-21(13-16)35-12-11-34-19/h1-10,13-15H,11-12H2/b22-14-. The average Bonchev–Trinajstić information content (AvgIpc) is 3.71. The molecule has 2 aromatic carbocycles. The van der Waals surface area contributed by atoms with Gasteiger partial charge in [0.15, 0.2) is 17.3 Å². The molecule has 0 saturated heterocycles. The highest BCUT2D eigenvalue weighted by atomic mass is 32.1. The van der Waals surface area contributed by atoms with Crippen molar-refractivity contribution in [1.29, 1.82) is 0 Å². The molecule has 0 atom stereocenters. The van der Waals surface area contributed by atoms with Crippen molar-refractivity contribution in [1.82, 2.24) is 24.4 Å². The van der Waals surface area contributed by atoms with E-state index in [1.54, 1.807) is 23.1 Å². The largest absolute Gasteiger partial charge is 0.486 e. The number of benzene rings is 2. The van der Waals surface area contributed by atoms with Gasteiger partial charge in [-0.15, -0.1) is 5.10 Å². The monoisotopic (exact) mass is 495 g/mol. The summed E-state index contributed by atoms with van der Waals surface area (Å²) in [7, 11) is 0. The minimum absolute atomic E-state index is 0.249. The Bertz CT molecular complexity index is 1820. The molecule has 0 amide bonds. The lowest BCUT2D eigenvalue weighted by molar-refractivity contribution is 0.171. The van der Waals surface area contributed by atoms with Crippen molar-refractivity contribution < 1.29 is 13.9 Å². The average molecular weight is 496 g/mol. The fourth-order valence-electron chi connectivity index (χ4n) is 4.11. The van der Waals surface area contributed by atoms with Crippen LogP contribution in [0.3, 0.4) is 0 Å². The van der Waals surface area contributed by atoms with Gasteiger partial charge >= 0.3 is 0 Å². The summed E-state index contributed by atoms with van der Waals surface area (Å²) in [6.07, 6.45) is 5.28. The second-order valence-electron chi connectivity index (χ2n) is 8.09. The van der Waals surface area contributed by atoms with Crippen LogP contribution < -0.4 is 19.6 Å². The number of hydrogen-bond donors (Lipinski definition) is 0. The van der Waals surface area contributed by atoms with E-state index in [0.717, 1.165) is 16.8 Å². The zero-order valence-corrected chi connectivity index (χ0v) is 19.5. The highest BCUT2D eigenvalue weighted by Crippen LogP contribution is 2.35. The van der Waals surface area contributed by atoms with E-state index in [1.165, 1.54) is 15.9 Å². The highest BCUT2D eigenvalue weighted by molar-refractivity contribution is 7.15. The molecule has 0 bridgehead atoms. The summed E-state index contributed by atoms with van der Waals surface area (Å²) in [6, 6.07) is 19.1. The summed E-state index contributed by atoms with van der Waals surface area (Å²) in [6.45, 7) is 1.02. The van der Waals surface area contributed by atoms with Gasteiger partial charge in [0.1, 0.15) is 18.9 Å². The van der Waals surface area contributed by atoms with Gasteiger partial charge in [0.2, 0.25) is 10.8 Å². The molecule has 0 aliphatic carbocycles. The van der Waals surface area contributed by atoms with Crippen LogP contribution in [0.1, 0.15) is 5.56 Å². The van der Waals surface area contributed by atoms with Crippen LogP contribution >= 0.6 is 11.3 Å². The number of para-hydroxylation sites is 1. The summed E-state index contributed by atoms with van der Waals surface area (Å²) in [5.41, 5.74) is 3.01. The molecule has 0 saturated carbocycles. The van der Waals surface area contributed by atoms with Gasteiger partial charge in [0.05, 0.1) is 16.5 Å². The maximum Gasteiger partial charge on any atom is 0.291 e. The Hall–Kier alpha value is -4.70. The van der Waals surface area contributed by atoms with Gasteiger partial charge in [-0.1, -0.05) is 29.5 Å². The van der Waals surface area contributed by atoms with Gasteiger partial charge in [-0.3, -0.25) is 4.79 Å². The van der Waals surface area contributed by atoms with Crippen molar-refractivity contribution >= 4 is 22.4 Å². The first kappa shape index (κ1) is 20.7. The molecule has 9 nitrogen and oxygen atoms in total. The van der Waals surface area contributed by atoms with Crippen LogP contribution in [-0.2, 0) is 0 Å². The first-order valence-corrected chi connectivity index (χ1v) is 12.0. The van der Waals surface area contributed by atoms with Crippen LogP contribution in [0.4, 0.5) is 0 Å². The Balaban J connectivity index is 1.38. The molecule has 5 heterocycles. The van der Waals surface area contributed by atoms with Crippen molar-refractivity contribution in [3.05, 3.63) is 93.6 Å². The lowest BCUT2D eigenvalue weighted by Crippen LogP contribution is -2.23. The van der Waals surface area contributed by atoms with Gasteiger partial charge < -0.3 is 13.9 Å². The normalized spacial score (nSPS) is 13.5. The lowest BCUT2D eigenvalue weighted by Gasteiger charge is -2.18. The molecule has 36 heavy (non-hydrogen) atoms. The van der Waals surface area contributed by atoms with E-state index in [-0.39, 0.29) is 5.56 Å². The topological polar surface area (TPSA) is 96.7 Å². The third-order valence-corrected chi connectivity index (χ3v) is 6.75. The van der Waals surface area contributed by atoms with E-state index in [2.05, 4.69) is 10.1 Å². The Morgan fingerprint density at radius 2 is 1.81 bits per heavy atom. The number of nitrogens with zero attached hydrogens (tertiary/aromatic N) is 5. The maximum atomic E-state index is 13.2. The summed E-state index contributed by atoms with van der Waals surface area (Å²) in [5, 5.41) is 9.19. The predicted molar refractivity (Wildman–Crippen MR) is 134 cm³/mol. The van der Waals surface area contributed by atoms with Gasteiger partial charge in [0.25, 0.3) is 5.56 Å². The van der Waals surface area contributed by atoms with E-state index in [1.807, 2.05) is 60.8 Å². The molecular weight excluding hydrogens is 478 g/mol. The van der Waals surface area contributed by atoms with Crippen LogP contribution in [-0.4, -0.2) is 37.6 Å². The molecular formula is C26H17N5O4S. The third-order valence-electron chi connectivity index (χ3n) is 5.79. The second kappa shape index (κ2) is 8.21. The molecule has 1 aliphatic heterocycles. The first-order valence-electron chi connectivity index (χ1n) is 11.2. The Morgan fingerprint density at radius 3 is 2.61 bits per heavy atom. The molecule has 0 fully saturated rings. The predicted octanol–water partition coefficient (Wildman–Crippen LogP) is 3.58. The number of aromatic nitrogens is 5. The Labute approximate surface area is 207 Å². The molecule has 1 aliphatic rings. The summed E-state index contributed by atoms with van der Waals surface area (Å²) in [4.78, 5) is 18.1. The zero-order chi connectivity index (χ0) is 24.1. The van der Waals surface area contributed by atoms with Crippen LogP contribution in [0.5, 0.6) is 11.5 Å². The Morgan fingerprint density at radius 1 is 0.944 bits per heavy atom. The first-order chi connectivity index (χ1) is 17.7. The SMILES string of the molecule is O=c1/c(=C/c2cn(-c3ccccc3)nc2-c2ccc3c(c2)OCCO3)sc2nc(-c3ccco3)nn12. The van der Waals surface area contributed by atoms with E-state index in [4.69, 9.17) is 19.0 Å². The summed E-state index contributed by atoms with van der Waals surface area (Å²) >= 11 is 1.27. The van der Waals surface area contributed by atoms with Crippen LogP contribution in [0.15, 0.2) is 82.3 Å². The van der Waals surface area contributed by atoms with E-state index in [0.29, 0.717) is 51.5 Å². The second-order valence-corrected chi connectivity index (χ2v) is 9.10. The van der Waals surface area contributed by atoms with Crippen LogP contribution in [0.25, 0.3) is 39.6 Å². The third kappa shape index (κ3) is 3.46. The number of furan rings is 1. The molecule has 10 heteroatoms. The molecule has 4 aromatic heterocycles. The van der Waals surface area contributed by atoms with Gasteiger partial charge in [-0.25, -0.2) is 4.68 Å². The van der Waals surface area contributed by atoms with Crippen molar-refractivity contribution in [2.45, 2.75) is 0 Å². The van der Waals surface area contributed by atoms with Gasteiger partial charge in [0, 0.05) is 17.3 Å². The minimum atomic E-state index is -0.249. The molecule has 176 valence electrons. The zero-order valence-electron chi connectivity index (χ0n) is 18.7. The van der Waals surface area contributed by atoms with Crippen molar-refractivity contribution in [3.8, 4) is 40.0 Å². The number of fused-ring (bicyclic) bond motifs is 2. The van der Waals surface area contributed by atoms with Crippen molar-refractivity contribution in [2.24, 2.45) is 0 Å². The fourth-order valence-corrected chi connectivity index (χ4v) is 5.00. The molecule has 0 radical (unpaired) electrons. The Kier molecular flexibility index (Phi) is 4.71. The van der Waals surface area contributed by atoms with Crippen molar-refractivity contribution in [2.75, 3.05) is 13.2 Å². The summed E-state index contributed by atoms with van der Waals surface area (Å²) in [5.74, 6) is 2.27. The lowest BCUT2D eigenvalue weighted by atomic mass is 10.1. The fraction of sp³-hybridized carbons (Fsp3) is 0.0769.